The molecule has 86 valence electrons. The highest BCUT2D eigenvalue weighted by Crippen LogP contribution is 2.03. The van der Waals surface area contributed by atoms with E-state index >= 15 is 0 Å². The van der Waals surface area contributed by atoms with Gasteiger partial charge in [-0.05, 0) is 23.9 Å². The number of halogens is 1. The third-order valence-electron chi connectivity index (χ3n) is 1.83. The van der Waals surface area contributed by atoms with E-state index in [0.717, 1.165) is 6.16 Å². The first-order valence-corrected chi connectivity index (χ1v) is 5.62. The van der Waals surface area contributed by atoms with Crippen LogP contribution in [-0.4, -0.2) is 5.11 Å². The third-order valence-corrected chi connectivity index (χ3v) is 2.31. The standard InChI is InChI=1S/C7H9P.C6H6O.BrH/c8-6-7-4-2-1-3-5-7;7-6-4-2-1-3-5-6;/h1-5H,6,8H2;1-5,7H;1H. The van der Waals surface area contributed by atoms with Crippen molar-refractivity contribution in [2.75, 3.05) is 0 Å². The molecule has 1 atom stereocenters. The van der Waals surface area contributed by atoms with Gasteiger partial charge < -0.3 is 5.11 Å². The molecule has 0 bridgehead atoms. The minimum absolute atomic E-state index is 0. The van der Waals surface area contributed by atoms with Crippen LogP contribution in [0, 0.1) is 0 Å². The Morgan fingerprint density at radius 3 is 1.50 bits per heavy atom. The Morgan fingerprint density at radius 1 is 0.812 bits per heavy atom. The molecule has 0 heterocycles. The Kier molecular flexibility index (Phi) is 8.88. The van der Waals surface area contributed by atoms with Gasteiger partial charge in [-0.2, -0.15) is 0 Å². The van der Waals surface area contributed by atoms with E-state index in [1.165, 1.54) is 5.56 Å². The lowest BCUT2D eigenvalue weighted by atomic mass is 10.2. The molecule has 1 N–H and O–H groups in total. The van der Waals surface area contributed by atoms with Crippen LogP contribution < -0.4 is 0 Å². The van der Waals surface area contributed by atoms with Crippen molar-refractivity contribution in [1.29, 1.82) is 0 Å². The average Bonchev–Trinajstić information content (AvgIpc) is 2.32. The predicted molar refractivity (Wildman–Crippen MR) is 78.3 cm³/mol. The van der Waals surface area contributed by atoms with Crippen LogP contribution in [0.2, 0.25) is 0 Å². The summed E-state index contributed by atoms with van der Waals surface area (Å²) in [5.41, 5.74) is 1.37. The minimum Gasteiger partial charge on any atom is -0.508 e. The molecule has 0 aliphatic rings. The van der Waals surface area contributed by atoms with Crippen LogP contribution >= 0.6 is 26.2 Å². The zero-order chi connectivity index (χ0) is 10.9. The van der Waals surface area contributed by atoms with Crippen LogP contribution in [-0.2, 0) is 6.16 Å². The summed E-state index contributed by atoms with van der Waals surface area (Å²) < 4.78 is 0. The molecule has 2 aromatic carbocycles. The number of benzene rings is 2. The number of phenolic OH excluding ortho intramolecular Hbond substituents is 1. The number of para-hydroxylation sites is 1. The smallest absolute Gasteiger partial charge is 0.115 e. The molecule has 2 rings (SSSR count). The van der Waals surface area contributed by atoms with E-state index in [9.17, 15) is 0 Å². The Hall–Kier alpha value is -0.850. The van der Waals surface area contributed by atoms with Crippen LogP contribution in [0.1, 0.15) is 5.56 Å². The number of rotatable bonds is 1. The van der Waals surface area contributed by atoms with E-state index in [1.807, 2.05) is 12.1 Å². The van der Waals surface area contributed by atoms with Crippen LogP contribution in [0.4, 0.5) is 0 Å². The van der Waals surface area contributed by atoms with Crippen molar-refractivity contribution in [3.8, 4) is 5.75 Å². The van der Waals surface area contributed by atoms with Gasteiger partial charge in [0.25, 0.3) is 0 Å². The van der Waals surface area contributed by atoms with Gasteiger partial charge in [0.1, 0.15) is 5.75 Å². The first-order chi connectivity index (χ1) is 7.33. The van der Waals surface area contributed by atoms with Gasteiger partial charge in [-0.25, -0.2) is 0 Å². The van der Waals surface area contributed by atoms with Crippen molar-refractivity contribution in [3.63, 3.8) is 0 Å². The zero-order valence-corrected chi connectivity index (χ0v) is 11.8. The van der Waals surface area contributed by atoms with Gasteiger partial charge >= 0.3 is 0 Å². The first-order valence-electron chi connectivity index (χ1n) is 4.81. The van der Waals surface area contributed by atoms with Crippen molar-refractivity contribution in [2.45, 2.75) is 6.16 Å². The van der Waals surface area contributed by atoms with Gasteiger partial charge in [0.2, 0.25) is 0 Å². The summed E-state index contributed by atoms with van der Waals surface area (Å²) in [6.45, 7) is 0. The number of hydrogen-bond acceptors (Lipinski definition) is 1. The molecule has 3 heteroatoms. The molecule has 0 saturated carbocycles. The fraction of sp³-hybridized carbons (Fsp3) is 0.0769. The average molecular weight is 299 g/mol. The lowest BCUT2D eigenvalue weighted by Crippen LogP contribution is -1.70. The van der Waals surface area contributed by atoms with Gasteiger partial charge in [-0.3, -0.25) is 0 Å². The molecule has 1 unspecified atom stereocenters. The third kappa shape index (κ3) is 6.60. The highest BCUT2D eigenvalue weighted by Gasteiger charge is 1.80. The molecular formula is C13H16BrOP. The maximum absolute atomic E-state index is 8.63. The fourth-order valence-corrected chi connectivity index (χ4v) is 1.31. The van der Waals surface area contributed by atoms with Crippen LogP contribution in [0.3, 0.4) is 0 Å². The fourth-order valence-electron chi connectivity index (χ4n) is 1.04. The van der Waals surface area contributed by atoms with Crippen LogP contribution in [0.5, 0.6) is 5.75 Å². The Bertz CT molecular complexity index is 364. The first kappa shape index (κ1) is 15.2. The molecule has 2 aromatic rings. The molecule has 0 amide bonds. The SMILES string of the molecule is Br.Oc1ccccc1.PCc1ccccc1. The molecule has 0 aromatic heterocycles. The van der Waals surface area contributed by atoms with E-state index in [4.69, 9.17) is 5.11 Å². The topological polar surface area (TPSA) is 20.2 Å². The highest BCUT2D eigenvalue weighted by atomic mass is 79.9. The highest BCUT2D eigenvalue weighted by molar-refractivity contribution is 8.93. The number of hydrogen-bond donors (Lipinski definition) is 1. The molecule has 0 saturated heterocycles. The van der Waals surface area contributed by atoms with Gasteiger partial charge in [0.05, 0.1) is 0 Å². The van der Waals surface area contributed by atoms with Gasteiger partial charge in [-0.1, -0.05) is 48.5 Å². The van der Waals surface area contributed by atoms with Crippen molar-refractivity contribution < 1.29 is 5.11 Å². The molecule has 16 heavy (non-hydrogen) atoms. The zero-order valence-electron chi connectivity index (χ0n) is 8.91. The van der Waals surface area contributed by atoms with Gasteiger partial charge in [-0.15, -0.1) is 26.2 Å². The minimum atomic E-state index is 0. The summed E-state index contributed by atoms with van der Waals surface area (Å²) in [6.07, 6.45) is 1.06. The maximum atomic E-state index is 8.63. The van der Waals surface area contributed by atoms with E-state index in [1.54, 1.807) is 24.3 Å². The monoisotopic (exact) mass is 298 g/mol. The number of phenols is 1. The summed E-state index contributed by atoms with van der Waals surface area (Å²) >= 11 is 0. The van der Waals surface area contributed by atoms with Gasteiger partial charge in [0.15, 0.2) is 0 Å². The van der Waals surface area contributed by atoms with E-state index in [2.05, 4.69) is 33.5 Å². The normalized spacial score (nSPS) is 8.31. The van der Waals surface area contributed by atoms with Crippen LogP contribution in [0.15, 0.2) is 60.7 Å². The van der Waals surface area contributed by atoms with Crippen molar-refractivity contribution >= 4 is 26.2 Å². The maximum Gasteiger partial charge on any atom is 0.115 e. The summed E-state index contributed by atoms with van der Waals surface area (Å²) in [7, 11) is 2.69. The van der Waals surface area contributed by atoms with Crippen molar-refractivity contribution in [1.82, 2.24) is 0 Å². The summed E-state index contributed by atoms with van der Waals surface area (Å²) in [6, 6.07) is 19.1. The lowest BCUT2D eigenvalue weighted by molar-refractivity contribution is 0.475. The summed E-state index contributed by atoms with van der Waals surface area (Å²) in [4.78, 5) is 0. The second-order valence-corrected chi connectivity index (χ2v) is 3.43. The van der Waals surface area contributed by atoms with E-state index < -0.39 is 0 Å². The summed E-state index contributed by atoms with van der Waals surface area (Å²) in [5, 5.41) is 8.63. The second kappa shape index (κ2) is 9.38. The molecule has 0 aliphatic heterocycles. The van der Waals surface area contributed by atoms with E-state index in [-0.39, 0.29) is 17.0 Å². The summed E-state index contributed by atoms with van der Waals surface area (Å²) in [5.74, 6) is 0.322. The Balaban J connectivity index is 0.000000267. The molecule has 1 nitrogen and oxygen atoms in total. The van der Waals surface area contributed by atoms with Crippen molar-refractivity contribution in [2.24, 2.45) is 0 Å². The lowest BCUT2D eigenvalue weighted by Gasteiger charge is -1.89. The Morgan fingerprint density at radius 2 is 1.25 bits per heavy atom. The Labute approximate surface area is 109 Å². The molecule has 0 fully saturated rings. The number of aromatic hydroxyl groups is 1. The quantitative estimate of drug-likeness (QED) is 0.788. The molecule has 0 radical (unpaired) electrons. The van der Waals surface area contributed by atoms with Gasteiger partial charge in [0, 0.05) is 0 Å². The van der Waals surface area contributed by atoms with Crippen molar-refractivity contribution in [3.05, 3.63) is 66.2 Å². The molecular weight excluding hydrogens is 283 g/mol. The second-order valence-electron chi connectivity index (χ2n) is 3.03. The molecule has 0 aliphatic carbocycles. The molecule has 0 spiro atoms. The largest absolute Gasteiger partial charge is 0.508 e. The van der Waals surface area contributed by atoms with E-state index in [0.29, 0.717) is 5.75 Å². The van der Waals surface area contributed by atoms with Crippen LogP contribution in [0.25, 0.3) is 0 Å². The predicted octanol–water partition coefficient (Wildman–Crippen LogP) is 4.03.